The molecule has 1 N–H and O–H groups in total. The second-order valence-electron chi connectivity index (χ2n) is 6.26. The molecule has 3 aromatic rings. The number of esters is 1. The number of anilines is 1. The largest absolute Gasteiger partial charge is 0.423 e. The lowest BCUT2D eigenvalue weighted by molar-refractivity contribution is -0.117. The van der Waals surface area contributed by atoms with Crippen LogP contribution < -0.4 is 10.1 Å². The molecule has 0 spiro atoms. The summed E-state index contributed by atoms with van der Waals surface area (Å²) in [5.41, 5.74) is 2.24. The molecule has 0 aliphatic rings. The fourth-order valence-electron chi connectivity index (χ4n) is 2.58. The van der Waals surface area contributed by atoms with Gasteiger partial charge in [-0.25, -0.2) is 9.78 Å². The van der Waals surface area contributed by atoms with Gasteiger partial charge in [0.25, 0.3) is 0 Å². The topological polar surface area (TPSA) is 68.3 Å². The van der Waals surface area contributed by atoms with E-state index in [2.05, 4.69) is 10.3 Å². The average molecular weight is 360 g/mol. The Kier molecular flexibility index (Phi) is 5.61. The molecule has 0 saturated heterocycles. The Morgan fingerprint density at radius 1 is 1.00 bits per heavy atom. The highest BCUT2D eigenvalue weighted by atomic mass is 16.5. The Morgan fingerprint density at radius 3 is 2.52 bits per heavy atom. The van der Waals surface area contributed by atoms with Gasteiger partial charge in [0.2, 0.25) is 5.91 Å². The molecule has 0 aliphatic heterocycles. The zero-order valence-corrected chi connectivity index (χ0v) is 15.2. The molecule has 2 aromatic carbocycles. The second kappa shape index (κ2) is 8.27. The van der Waals surface area contributed by atoms with Gasteiger partial charge in [-0.15, -0.1) is 0 Å². The molecule has 0 aliphatic carbocycles. The Bertz CT molecular complexity index is 955. The number of benzene rings is 2. The van der Waals surface area contributed by atoms with Crippen molar-refractivity contribution < 1.29 is 14.3 Å². The Balaban J connectivity index is 1.70. The van der Waals surface area contributed by atoms with Crippen molar-refractivity contribution in [2.45, 2.75) is 19.8 Å². The van der Waals surface area contributed by atoms with Crippen LogP contribution >= 0.6 is 0 Å². The van der Waals surface area contributed by atoms with Gasteiger partial charge in [-0.1, -0.05) is 30.3 Å². The van der Waals surface area contributed by atoms with Crippen molar-refractivity contribution in [3.05, 3.63) is 89.6 Å². The number of carbonyl (C=O) groups excluding carboxylic acids is 2. The number of pyridine rings is 1. The highest BCUT2D eigenvalue weighted by molar-refractivity contribution is 5.95. The predicted molar refractivity (Wildman–Crippen MR) is 104 cm³/mol. The van der Waals surface area contributed by atoms with Crippen molar-refractivity contribution in [1.29, 1.82) is 0 Å². The average Bonchev–Trinajstić information content (AvgIpc) is 2.68. The summed E-state index contributed by atoms with van der Waals surface area (Å²) in [6.07, 6.45) is 1.65. The van der Waals surface area contributed by atoms with Gasteiger partial charge in [0.05, 0.1) is 11.5 Å². The minimum Gasteiger partial charge on any atom is -0.423 e. The molecule has 1 atom stereocenters. The van der Waals surface area contributed by atoms with E-state index in [-0.39, 0.29) is 5.91 Å². The minimum atomic E-state index is -0.436. The maximum absolute atomic E-state index is 12.5. The van der Waals surface area contributed by atoms with Crippen LogP contribution in [0, 0.1) is 6.92 Å². The summed E-state index contributed by atoms with van der Waals surface area (Å²) in [5, 5.41) is 2.81. The number of nitrogens with zero attached hydrogens (tertiary/aromatic N) is 1. The zero-order chi connectivity index (χ0) is 19.2. The Labute approximate surface area is 158 Å². The highest BCUT2D eigenvalue weighted by Gasteiger charge is 2.17. The van der Waals surface area contributed by atoms with Crippen LogP contribution in [0.2, 0.25) is 0 Å². The first-order valence-corrected chi connectivity index (χ1v) is 8.63. The van der Waals surface area contributed by atoms with E-state index < -0.39 is 11.9 Å². The fraction of sp³-hybridized carbons (Fsp3) is 0.136. The van der Waals surface area contributed by atoms with Gasteiger partial charge in [0.1, 0.15) is 11.6 Å². The monoisotopic (exact) mass is 360 g/mol. The second-order valence-corrected chi connectivity index (χ2v) is 6.26. The summed E-state index contributed by atoms with van der Waals surface area (Å²) in [7, 11) is 0. The minimum absolute atomic E-state index is 0.181. The normalized spacial score (nSPS) is 11.5. The zero-order valence-electron chi connectivity index (χ0n) is 15.2. The molecule has 5 nitrogen and oxygen atoms in total. The smallest absolute Gasteiger partial charge is 0.343 e. The SMILES string of the molecule is Cc1ccnc(NC(=O)C(C)c2cccc(OC(=O)c3ccccc3)c2)c1. The molecule has 0 fully saturated rings. The molecule has 1 unspecified atom stereocenters. The number of aryl methyl sites for hydroxylation is 1. The number of hydrogen-bond acceptors (Lipinski definition) is 4. The Morgan fingerprint density at radius 2 is 1.78 bits per heavy atom. The van der Waals surface area contributed by atoms with Crippen LogP contribution in [-0.2, 0) is 4.79 Å². The van der Waals surface area contributed by atoms with E-state index in [4.69, 9.17) is 4.74 Å². The third-order valence-electron chi connectivity index (χ3n) is 4.14. The number of nitrogens with one attached hydrogen (secondary N) is 1. The lowest BCUT2D eigenvalue weighted by Gasteiger charge is -2.13. The number of carbonyl (C=O) groups is 2. The van der Waals surface area contributed by atoms with Crippen LogP contribution in [-0.4, -0.2) is 16.9 Å². The van der Waals surface area contributed by atoms with E-state index in [9.17, 15) is 9.59 Å². The van der Waals surface area contributed by atoms with Gasteiger partial charge >= 0.3 is 5.97 Å². The lowest BCUT2D eigenvalue weighted by Crippen LogP contribution is -2.19. The molecule has 0 saturated carbocycles. The standard InChI is InChI=1S/C22H20N2O3/c1-15-11-12-23-20(13-15)24-21(25)16(2)18-9-6-10-19(14-18)27-22(26)17-7-4-3-5-8-17/h3-14,16H,1-2H3,(H,23,24,25). The number of ether oxygens (including phenoxy) is 1. The summed E-state index contributed by atoms with van der Waals surface area (Å²) in [5.74, 6) is -0.135. The number of rotatable bonds is 5. The van der Waals surface area contributed by atoms with Crippen LogP contribution in [0.4, 0.5) is 5.82 Å². The maximum Gasteiger partial charge on any atom is 0.343 e. The molecular formula is C22H20N2O3. The molecule has 0 radical (unpaired) electrons. The molecule has 5 heteroatoms. The van der Waals surface area contributed by atoms with Gasteiger partial charge in [-0.3, -0.25) is 4.79 Å². The van der Waals surface area contributed by atoms with Gasteiger partial charge in [-0.2, -0.15) is 0 Å². The van der Waals surface area contributed by atoms with E-state index in [1.54, 1.807) is 55.6 Å². The van der Waals surface area contributed by atoms with E-state index in [1.807, 2.05) is 31.2 Å². The predicted octanol–water partition coefficient (Wildman–Crippen LogP) is 4.35. The summed E-state index contributed by atoms with van der Waals surface area (Å²) < 4.78 is 5.42. The quantitative estimate of drug-likeness (QED) is 0.542. The van der Waals surface area contributed by atoms with E-state index >= 15 is 0 Å². The van der Waals surface area contributed by atoms with E-state index in [1.165, 1.54) is 0 Å². The van der Waals surface area contributed by atoms with Gasteiger partial charge < -0.3 is 10.1 Å². The summed E-state index contributed by atoms with van der Waals surface area (Å²) >= 11 is 0. The summed E-state index contributed by atoms with van der Waals surface area (Å²) in [6.45, 7) is 3.73. The lowest BCUT2D eigenvalue weighted by atomic mass is 10.00. The fourth-order valence-corrected chi connectivity index (χ4v) is 2.58. The number of hydrogen-bond donors (Lipinski definition) is 1. The van der Waals surface area contributed by atoms with E-state index in [0.717, 1.165) is 11.1 Å². The molecular weight excluding hydrogens is 340 g/mol. The molecule has 3 rings (SSSR count). The van der Waals surface area contributed by atoms with Gasteiger partial charge in [0, 0.05) is 6.20 Å². The van der Waals surface area contributed by atoms with Crippen molar-refractivity contribution >= 4 is 17.7 Å². The summed E-state index contributed by atoms with van der Waals surface area (Å²) in [6, 6.07) is 19.4. The molecule has 1 aromatic heterocycles. The van der Waals surface area contributed by atoms with Crippen LogP contribution in [0.3, 0.4) is 0 Å². The first-order chi connectivity index (χ1) is 13.0. The van der Waals surface area contributed by atoms with Crippen LogP contribution in [0.25, 0.3) is 0 Å². The van der Waals surface area contributed by atoms with Crippen molar-refractivity contribution in [2.24, 2.45) is 0 Å². The maximum atomic E-state index is 12.5. The van der Waals surface area contributed by atoms with Crippen molar-refractivity contribution in [3.63, 3.8) is 0 Å². The Hall–Kier alpha value is -3.47. The third-order valence-corrected chi connectivity index (χ3v) is 4.14. The van der Waals surface area contributed by atoms with Gasteiger partial charge in [-0.05, 0) is 61.4 Å². The molecule has 136 valence electrons. The summed E-state index contributed by atoms with van der Waals surface area (Å²) in [4.78, 5) is 28.9. The van der Waals surface area contributed by atoms with Crippen molar-refractivity contribution in [2.75, 3.05) is 5.32 Å². The van der Waals surface area contributed by atoms with E-state index in [0.29, 0.717) is 17.1 Å². The molecule has 1 amide bonds. The molecule has 27 heavy (non-hydrogen) atoms. The number of aromatic nitrogens is 1. The first-order valence-electron chi connectivity index (χ1n) is 8.63. The molecule has 0 bridgehead atoms. The van der Waals surface area contributed by atoms with Crippen LogP contribution in [0.1, 0.15) is 34.3 Å². The van der Waals surface area contributed by atoms with Crippen molar-refractivity contribution in [3.8, 4) is 5.75 Å². The first kappa shape index (κ1) is 18.3. The highest BCUT2D eigenvalue weighted by Crippen LogP contribution is 2.23. The van der Waals surface area contributed by atoms with Crippen LogP contribution in [0.15, 0.2) is 72.9 Å². The number of amides is 1. The molecule has 1 heterocycles. The van der Waals surface area contributed by atoms with Crippen LogP contribution in [0.5, 0.6) is 5.75 Å². The third kappa shape index (κ3) is 4.79. The van der Waals surface area contributed by atoms with Gasteiger partial charge in [0.15, 0.2) is 0 Å². The van der Waals surface area contributed by atoms with Crippen molar-refractivity contribution in [1.82, 2.24) is 4.98 Å².